The maximum absolute atomic E-state index is 12.2. The summed E-state index contributed by atoms with van der Waals surface area (Å²) in [5, 5.41) is 18.3. The van der Waals surface area contributed by atoms with E-state index in [2.05, 4.69) is 4.90 Å². The van der Waals surface area contributed by atoms with E-state index in [1.807, 2.05) is 7.05 Å². The Morgan fingerprint density at radius 2 is 1.00 bits per heavy atom. The molecule has 4 rings (SSSR count). The van der Waals surface area contributed by atoms with E-state index in [1.54, 1.807) is 0 Å². The Bertz CT molecular complexity index is 1110. The van der Waals surface area contributed by atoms with Gasteiger partial charge >= 0.3 is 0 Å². The molecule has 0 atom stereocenters. The lowest BCUT2D eigenvalue weighted by molar-refractivity contribution is 0.0730. The summed E-state index contributed by atoms with van der Waals surface area (Å²) in [7, 11) is -4.87. The van der Waals surface area contributed by atoms with Crippen LogP contribution in [0.1, 0.15) is 0 Å². The molecule has 2 aliphatic rings. The number of likely N-dealkylation sites (N-methyl/N-ethyl adjacent to an activating group) is 1. The van der Waals surface area contributed by atoms with Crippen LogP contribution in [0.25, 0.3) is 0 Å². The minimum Gasteiger partial charge on any atom is -0.508 e. The number of piperazine rings is 1. The summed E-state index contributed by atoms with van der Waals surface area (Å²) in [6, 6.07) is 11.2. The second kappa shape index (κ2) is 10.8. The molecule has 0 aliphatic carbocycles. The van der Waals surface area contributed by atoms with Gasteiger partial charge in [0.1, 0.15) is 11.5 Å². The van der Waals surface area contributed by atoms with Crippen LogP contribution in [0.2, 0.25) is 0 Å². The third kappa shape index (κ3) is 6.43. The highest BCUT2D eigenvalue weighted by molar-refractivity contribution is 7.89. The number of nitrogens with zero attached hydrogens (tertiary/aromatic N) is 3. The Morgan fingerprint density at radius 1 is 0.636 bits per heavy atom. The Morgan fingerprint density at radius 3 is 1.39 bits per heavy atom. The number of benzene rings is 2. The topological polar surface area (TPSA) is 128 Å². The maximum atomic E-state index is 12.2. The number of morpholine rings is 1. The molecule has 2 aromatic rings. The first-order chi connectivity index (χ1) is 15.6. The van der Waals surface area contributed by atoms with Crippen LogP contribution in [0.4, 0.5) is 0 Å². The molecule has 0 radical (unpaired) electrons. The molecule has 0 aromatic heterocycles. The molecule has 33 heavy (non-hydrogen) atoms. The molecule has 2 aliphatic heterocycles. The number of rotatable bonds is 4. The number of sulfonamides is 2. The van der Waals surface area contributed by atoms with Gasteiger partial charge in [0.15, 0.2) is 0 Å². The quantitative estimate of drug-likeness (QED) is 0.631. The van der Waals surface area contributed by atoms with Crippen molar-refractivity contribution in [1.29, 1.82) is 0 Å². The van der Waals surface area contributed by atoms with Crippen LogP contribution in [0.3, 0.4) is 0 Å². The maximum Gasteiger partial charge on any atom is 0.243 e. The van der Waals surface area contributed by atoms with Crippen molar-refractivity contribution in [3.8, 4) is 11.5 Å². The van der Waals surface area contributed by atoms with Gasteiger partial charge in [0.25, 0.3) is 0 Å². The minimum absolute atomic E-state index is 0.0564. The molecule has 2 heterocycles. The minimum atomic E-state index is -3.44. The SMILES string of the molecule is CN1CCN(S(=O)(=O)c2ccc(O)cc2)CC1.O=S(=O)(c1ccc(O)cc1)N1CCOCC1. The predicted octanol–water partition coefficient (Wildman–Crippen LogP) is 0.741. The summed E-state index contributed by atoms with van der Waals surface area (Å²) in [4.78, 5) is 2.54. The van der Waals surface area contributed by atoms with Gasteiger partial charge in [0.05, 0.1) is 23.0 Å². The standard InChI is InChI=1S/C11H16N2O3S.C10H13NO4S/c1-12-6-8-13(9-7-12)17(15,16)11-4-2-10(14)3-5-11;12-9-1-3-10(4-2-9)16(13,14)11-5-7-15-8-6-11/h2-5,14H,6-9H2,1H3;1-4,12H,5-8H2. The van der Waals surface area contributed by atoms with Crippen molar-refractivity contribution in [1.82, 2.24) is 13.5 Å². The second-order valence-corrected chi connectivity index (χ2v) is 11.6. The van der Waals surface area contributed by atoms with Crippen LogP contribution in [-0.4, -0.2) is 100 Å². The number of phenolic OH excluding ortho intramolecular Hbond substituents is 2. The first-order valence-corrected chi connectivity index (χ1v) is 13.3. The average molecular weight is 500 g/mol. The number of hydrogen-bond acceptors (Lipinski definition) is 8. The van der Waals surface area contributed by atoms with Crippen molar-refractivity contribution < 1.29 is 31.8 Å². The third-order valence-electron chi connectivity index (χ3n) is 5.38. The first kappa shape index (κ1) is 25.4. The van der Waals surface area contributed by atoms with Crippen molar-refractivity contribution in [3.05, 3.63) is 48.5 Å². The fraction of sp³-hybridized carbons (Fsp3) is 0.429. The van der Waals surface area contributed by atoms with Gasteiger partial charge in [-0.15, -0.1) is 0 Å². The van der Waals surface area contributed by atoms with Crippen LogP contribution < -0.4 is 0 Å². The molecule has 12 heteroatoms. The molecule has 0 unspecified atom stereocenters. The largest absolute Gasteiger partial charge is 0.508 e. The van der Waals surface area contributed by atoms with E-state index in [-0.39, 0.29) is 21.3 Å². The zero-order chi connectivity index (χ0) is 24.1. The zero-order valence-electron chi connectivity index (χ0n) is 18.4. The van der Waals surface area contributed by atoms with Gasteiger partial charge < -0.3 is 19.8 Å². The summed E-state index contributed by atoms with van der Waals surface area (Å²) < 4.78 is 56.6. The Balaban J connectivity index is 0.000000186. The van der Waals surface area contributed by atoms with Gasteiger partial charge in [-0.3, -0.25) is 0 Å². The van der Waals surface area contributed by atoms with Gasteiger partial charge in [0, 0.05) is 39.3 Å². The van der Waals surface area contributed by atoms with Gasteiger partial charge in [-0.2, -0.15) is 8.61 Å². The molecule has 2 N–H and O–H groups in total. The van der Waals surface area contributed by atoms with Crippen molar-refractivity contribution >= 4 is 20.0 Å². The fourth-order valence-electron chi connectivity index (χ4n) is 3.35. The molecule has 10 nitrogen and oxygen atoms in total. The molecule has 2 fully saturated rings. The normalized spacial score (nSPS) is 18.9. The van der Waals surface area contributed by atoms with Gasteiger partial charge in [-0.1, -0.05) is 0 Å². The molecule has 182 valence electrons. The lowest BCUT2D eigenvalue weighted by atomic mass is 10.3. The average Bonchev–Trinajstić information content (AvgIpc) is 2.81. The summed E-state index contributed by atoms with van der Waals surface area (Å²) in [6.07, 6.45) is 0. The van der Waals surface area contributed by atoms with E-state index in [4.69, 9.17) is 14.9 Å². The molecule has 0 spiro atoms. The van der Waals surface area contributed by atoms with E-state index in [0.717, 1.165) is 13.1 Å². The van der Waals surface area contributed by atoms with E-state index >= 15 is 0 Å². The smallest absolute Gasteiger partial charge is 0.243 e. The van der Waals surface area contributed by atoms with Crippen LogP contribution in [0, 0.1) is 0 Å². The lowest BCUT2D eigenvalue weighted by Crippen LogP contribution is -2.46. The summed E-state index contributed by atoms with van der Waals surface area (Å²) >= 11 is 0. The third-order valence-corrected chi connectivity index (χ3v) is 9.21. The summed E-state index contributed by atoms with van der Waals surface area (Å²) in [5.41, 5.74) is 0. The lowest BCUT2D eigenvalue weighted by Gasteiger charge is -2.31. The molecular weight excluding hydrogens is 470 g/mol. The summed E-state index contributed by atoms with van der Waals surface area (Å²) in [5.74, 6) is 0.128. The van der Waals surface area contributed by atoms with Crippen LogP contribution in [-0.2, 0) is 24.8 Å². The van der Waals surface area contributed by atoms with Crippen molar-refractivity contribution in [2.45, 2.75) is 9.79 Å². The highest BCUT2D eigenvalue weighted by Crippen LogP contribution is 2.20. The monoisotopic (exact) mass is 499 g/mol. The Kier molecular flexibility index (Phi) is 8.32. The van der Waals surface area contributed by atoms with Crippen LogP contribution in [0.15, 0.2) is 58.3 Å². The molecule has 2 aromatic carbocycles. The molecule has 0 saturated carbocycles. The zero-order valence-corrected chi connectivity index (χ0v) is 20.0. The fourth-order valence-corrected chi connectivity index (χ4v) is 6.18. The van der Waals surface area contributed by atoms with Gasteiger partial charge in [-0.05, 0) is 55.6 Å². The molecule has 2 saturated heterocycles. The van der Waals surface area contributed by atoms with Crippen molar-refractivity contribution in [3.63, 3.8) is 0 Å². The highest BCUT2D eigenvalue weighted by Gasteiger charge is 2.27. The first-order valence-electron chi connectivity index (χ1n) is 10.5. The predicted molar refractivity (Wildman–Crippen MR) is 122 cm³/mol. The van der Waals surface area contributed by atoms with Crippen LogP contribution in [0.5, 0.6) is 11.5 Å². The highest BCUT2D eigenvalue weighted by atomic mass is 32.2. The summed E-state index contributed by atoms with van der Waals surface area (Å²) in [6.45, 7) is 4.13. The number of phenols is 2. The van der Waals surface area contributed by atoms with Crippen LogP contribution >= 0.6 is 0 Å². The van der Waals surface area contributed by atoms with E-state index in [9.17, 15) is 16.8 Å². The number of hydrogen-bond donors (Lipinski definition) is 2. The second-order valence-electron chi connectivity index (χ2n) is 7.71. The van der Waals surface area contributed by atoms with E-state index < -0.39 is 20.0 Å². The molecular formula is C21H29N3O7S2. The van der Waals surface area contributed by atoms with Gasteiger partial charge in [-0.25, -0.2) is 16.8 Å². The molecule has 0 bridgehead atoms. The van der Waals surface area contributed by atoms with E-state index in [0.29, 0.717) is 39.4 Å². The van der Waals surface area contributed by atoms with Crippen molar-refractivity contribution in [2.75, 3.05) is 59.5 Å². The molecule has 0 amide bonds. The Labute approximate surface area is 194 Å². The van der Waals surface area contributed by atoms with E-state index in [1.165, 1.54) is 57.1 Å². The number of ether oxygens (including phenoxy) is 1. The van der Waals surface area contributed by atoms with Gasteiger partial charge in [0.2, 0.25) is 20.0 Å². The Hall–Kier alpha value is -2.22. The number of aromatic hydroxyl groups is 2. The van der Waals surface area contributed by atoms with Crippen molar-refractivity contribution in [2.24, 2.45) is 0 Å².